The summed E-state index contributed by atoms with van der Waals surface area (Å²) in [5.74, 6) is -0.331. The Labute approximate surface area is 98.1 Å². The average Bonchev–Trinajstić information content (AvgIpc) is 2.20. The second-order valence-corrected chi connectivity index (χ2v) is 4.11. The number of rotatable bonds is 4. The Hall–Kier alpha value is -1.09. The summed E-state index contributed by atoms with van der Waals surface area (Å²) < 4.78 is 6.04. The lowest BCUT2D eigenvalue weighted by atomic mass is 10.2. The second kappa shape index (κ2) is 5.71. The molecule has 0 aliphatic heterocycles. The van der Waals surface area contributed by atoms with Crippen LogP contribution < -0.4 is 0 Å². The minimum Gasteiger partial charge on any atom is -0.462 e. The van der Waals surface area contributed by atoms with Crippen LogP contribution in [0.2, 0.25) is 0 Å². The zero-order chi connectivity index (χ0) is 11.3. The maximum atomic E-state index is 11.1. The molecule has 0 spiro atoms. The van der Waals surface area contributed by atoms with Crippen molar-refractivity contribution in [2.45, 2.75) is 13.3 Å². The van der Waals surface area contributed by atoms with Crippen LogP contribution in [-0.2, 0) is 16.0 Å². The minimum atomic E-state index is -0.331. The first kappa shape index (κ1) is 12.0. The molecule has 0 bridgehead atoms. The number of hydrogen-bond donors (Lipinski definition) is 0. The van der Waals surface area contributed by atoms with E-state index in [1.165, 1.54) is 0 Å². The molecule has 0 saturated carbocycles. The zero-order valence-electron chi connectivity index (χ0n) is 8.63. The summed E-state index contributed by atoms with van der Waals surface area (Å²) in [6, 6.07) is 7.88. The summed E-state index contributed by atoms with van der Waals surface area (Å²) >= 11 is 3.43. The van der Waals surface area contributed by atoms with Crippen molar-refractivity contribution in [1.82, 2.24) is 0 Å². The van der Waals surface area contributed by atoms with Crippen molar-refractivity contribution >= 4 is 21.9 Å². The van der Waals surface area contributed by atoms with Gasteiger partial charge in [-0.05, 0) is 18.6 Å². The third-order valence-corrected chi connectivity index (χ3v) is 2.68. The number of carbonyl (C=O) groups excluding carboxylic acids is 1. The van der Waals surface area contributed by atoms with Crippen molar-refractivity contribution in [3.63, 3.8) is 0 Å². The molecular weight excluding hydrogens is 256 g/mol. The van der Waals surface area contributed by atoms with Gasteiger partial charge in [-0.15, -0.1) is 0 Å². The van der Waals surface area contributed by atoms with E-state index < -0.39 is 0 Å². The molecule has 0 N–H and O–H groups in total. The molecule has 0 saturated heterocycles. The topological polar surface area (TPSA) is 26.3 Å². The number of hydrogen-bond acceptors (Lipinski definition) is 2. The Bertz CT molecular complexity index is 372. The van der Waals surface area contributed by atoms with E-state index in [1.54, 1.807) is 6.92 Å². The van der Waals surface area contributed by atoms with Gasteiger partial charge in [0.15, 0.2) is 0 Å². The largest absolute Gasteiger partial charge is 0.462 e. The van der Waals surface area contributed by atoms with E-state index >= 15 is 0 Å². The van der Waals surface area contributed by atoms with Gasteiger partial charge < -0.3 is 4.74 Å². The SMILES string of the molecule is C=C(C)C(=O)OCCc1ccccc1Br. The van der Waals surface area contributed by atoms with Crippen LogP contribution in [0.15, 0.2) is 40.9 Å². The van der Waals surface area contributed by atoms with Gasteiger partial charge >= 0.3 is 5.97 Å². The second-order valence-electron chi connectivity index (χ2n) is 3.26. The molecular formula is C12H13BrO2. The normalized spacial score (nSPS) is 9.73. The molecule has 0 aliphatic carbocycles. The minimum absolute atomic E-state index is 0.331. The van der Waals surface area contributed by atoms with E-state index in [-0.39, 0.29) is 5.97 Å². The van der Waals surface area contributed by atoms with E-state index in [1.807, 2.05) is 24.3 Å². The lowest BCUT2D eigenvalue weighted by molar-refractivity contribution is -0.138. The van der Waals surface area contributed by atoms with Gasteiger partial charge in [0.2, 0.25) is 0 Å². The molecule has 3 heteroatoms. The van der Waals surface area contributed by atoms with Crippen molar-refractivity contribution in [3.05, 3.63) is 46.5 Å². The van der Waals surface area contributed by atoms with Crippen LogP contribution in [0.3, 0.4) is 0 Å². The van der Waals surface area contributed by atoms with Crippen molar-refractivity contribution in [3.8, 4) is 0 Å². The predicted molar refractivity (Wildman–Crippen MR) is 63.6 cm³/mol. The first-order chi connectivity index (χ1) is 7.11. The fourth-order valence-electron chi connectivity index (χ4n) is 1.08. The van der Waals surface area contributed by atoms with Crippen molar-refractivity contribution in [2.24, 2.45) is 0 Å². The fraction of sp³-hybridized carbons (Fsp3) is 0.250. The van der Waals surface area contributed by atoms with Gasteiger partial charge in [0.25, 0.3) is 0 Å². The summed E-state index contributed by atoms with van der Waals surface area (Å²) in [4.78, 5) is 11.1. The summed E-state index contributed by atoms with van der Waals surface area (Å²) in [5, 5.41) is 0. The number of esters is 1. The molecule has 0 radical (unpaired) electrons. The fourth-order valence-corrected chi connectivity index (χ4v) is 1.56. The number of halogens is 1. The maximum Gasteiger partial charge on any atom is 0.333 e. The van der Waals surface area contributed by atoms with Gasteiger partial charge in [-0.1, -0.05) is 40.7 Å². The van der Waals surface area contributed by atoms with Gasteiger partial charge in [-0.3, -0.25) is 0 Å². The van der Waals surface area contributed by atoms with Gasteiger partial charge in [0.1, 0.15) is 0 Å². The average molecular weight is 269 g/mol. The first-order valence-electron chi connectivity index (χ1n) is 4.67. The number of ether oxygens (including phenoxy) is 1. The third-order valence-electron chi connectivity index (χ3n) is 1.91. The van der Waals surface area contributed by atoms with Gasteiger partial charge in [-0.25, -0.2) is 4.79 Å². The molecule has 0 aromatic heterocycles. The molecule has 0 amide bonds. The van der Waals surface area contributed by atoms with Crippen molar-refractivity contribution in [1.29, 1.82) is 0 Å². The Kier molecular flexibility index (Phi) is 4.56. The number of carbonyl (C=O) groups is 1. The van der Waals surface area contributed by atoms with E-state index in [4.69, 9.17) is 4.74 Å². The molecule has 0 fully saturated rings. The summed E-state index contributed by atoms with van der Waals surface area (Å²) in [6.45, 7) is 5.54. The first-order valence-corrected chi connectivity index (χ1v) is 5.46. The highest BCUT2D eigenvalue weighted by Gasteiger charge is 2.03. The molecule has 2 nitrogen and oxygen atoms in total. The predicted octanol–water partition coefficient (Wildman–Crippen LogP) is 3.11. The Morgan fingerprint density at radius 3 is 2.73 bits per heavy atom. The van der Waals surface area contributed by atoms with Crippen LogP contribution in [0.4, 0.5) is 0 Å². The molecule has 0 aliphatic rings. The summed E-state index contributed by atoms with van der Waals surface area (Å²) in [7, 11) is 0. The van der Waals surface area contributed by atoms with E-state index in [0.29, 0.717) is 18.6 Å². The maximum absolute atomic E-state index is 11.1. The Morgan fingerprint density at radius 2 is 2.13 bits per heavy atom. The van der Waals surface area contributed by atoms with Crippen LogP contribution in [-0.4, -0.2) is 12.6 Å². The highest BCUT2D eigenvalue weighted by atomic mass is 79.9. The molecule has 1 aromatic carbocycles. The quantitative estimate of drug-likeness (QED) is 0.620. The van der Waals surface area contributed by atoms with Crippen LogP contribution in [0, 0.1) is 0 Å². The summed E-state index contributed by atoms with van der Waals surface area (Å²) in [6.07, 6.45) is 0.709. The zero-order valence-corrected chi connectivity index (χ0v) is 10.2. The van der Waals surface area contributed by atoms with E-state index in [9.17, 15) is 4.79 Å². The molecule has 0 unspecified atom stereocenters. The highest BCUT2D eigenvalue weighted by Crippen LogP contribution is 2.16. The Morgan fingerprint density at radius 1 is 1.47 bits per heavy atom. The van der Waals surface area contributed by atoms with Crippen LogP contribution in [0.25, 0.3) is 0 Å². The summed E-state index contributed by atoms with van der Waals surface area (Å²) in [5.41, 5.74) is 1.56. The van der Waals surface area contributed by atoms with E-state index in [0.717, 1.165) is 10.0 Å². The van der Waals surface area contributed by atoms with Crippen molar-refractivity contribution < 1.29 is 9.53 Å². The lowest BCUT2D eigenvalue weighted by Gasteiger charge is -2.05. The van der Waals surface area contributed by atoms with E-state index in [2.05, 4.69) is 22.5 Å². The van der Waals surface area contributed by atoms with Crippen LogP contribution in [0.1, 0.15) is 12.5 Å². The van der Waals surface area contributed by atoms with Gasteiger partial charge in [0.05, 0.1) is 6.61 Å². The molecule has 1 aromatic rings. The van der Waals surface area contributed by atoms with Gasteiger partial charge in [-0.2, -0.15) is 0 Å². The Balaban J connectivity index is 2.42. The highest BCUT2D eigenvalue weighted by molar-refractivity contribution is 9.10. The third kappa shape index (κ3) is 3.88. The van der Waals surface area contributed by atoms with Crippen LogP contribution in [0.5, 0.6) is 0 Å². The monoisotopic (exact) mass is 268 g/mol. The van der Waals surface area contributed by atoms with Crippen molar-refractivity contribution in [2.75, 3.05) is 6.61 Å². The smallest absolute Gasteiger partial charge is 0.333 e. The molecule has 80 valence electrons. The van der Waals surface area contributed by atoms with Gasteiger partial charge in [0, 0.05) is 16.5 Å². The van der Waals surface area contributed by atoms with Crippen LogP contribution >= 0.6 is 15.9 Å². The number of benzene rings is 1. The molecule has 15 heavy (non-hydrogen) atoms. The molecule has 1 rings (SSSR count). The lowest BCUT2D eigenvalue weighted by Crippen LogP contribution is -2.08. The molecule has 0 heterocycles. The standard InChI is InChI=1S/C12H13BrO2/c1-9(2)12(14)15-8-7-10-5-3-4-6-11(10)13/h3-6H,1,7-8H2,2H3. The molecule has 0 atom stereocenters.